The van der Waals surface area contributed by atoms with Crippen molar-refractivity contribution >= 4 is 29.9 Å². The van der Waals surface area contributed by atoms with Gasteiger partial charge < -0.3 is 19.3 Å². The average molecular weight is 660 g/mol. The number of aromatic nitrogens is 1. The van der Waals surface area contributed by atoms with Crippen LogP contribution in [0, 0.1) is 0 Å². The lowest BCUT2D eigenvalue weighted by Gasteiger charge is -2.39. The number of nitrogens with zero attached hydrogens (tertiary/aromatic N) is 5. The lowest BCUT2D eigenvalue weighted by atomic mass is 9.97. The summed E-state index contributed by atoms with van der Waals surface area (Å²) >= 11 is 6.68. The van der Waals surface area contributed by atoms with Crippen LogP contribution in [0.15, 0.2) is 89.6 Å². The number of piperazine rings is 2. The largest absolute Gasteiger partial charge is 0.445 e. The van der Waals surface area contributed by atoms with Crippen LogP contribution in [0.25, 0.3) is 6.08 Å². The Morgan fingerprint density at radius 3 is 2.30 bits per heavy atom. The molecule has 5 rings (SSSR count). The fraction of sp³-hybridized carbons (Fsp3) is 0.432. The Hall–Kier alpha value is -3.92. The second kappa shape index (κ2) is 15.8. The third-order valence-electron chi connectivity index (χ3n) is 8.51. The molecule has 3 aliphatic rings. The van der Waals surface area contributed by atoms with Gasteiger partial charge >= 0.3 is 12.2 Å². The highest BCUT2D eigenvalue weighted by molar-refractivity contribution is 6.31. The fourth-order valence-electron chi connectivity index (χ4n) is 5.99. The molecule has 9 nitrogen and oxygen atoms in total. The number of benzene rings is 1. The first-order valence-electron chi connectivity index (χ1n) is 16.3. The fourth-order valence-corrected chi connectivity index (χ4v) is 6.21. The standard InChI is InChI=1S/C37H46ClN5O4/c1-28-24-32(38)13-8-14-33(41-20-22-43(23-21-41)36(45)47-37(2,3)4)34-30(12-9-15-39-34)25-31(28)26-40-16-18-42(19-17-40)35(44)46-27-29-10-6-5-7-11-29/h5-13,15,24-25,33H,1,14,16-23,26-27H2,2-4H3/b13-8-,31-25-,32-24+. The first kappa shape index (κ1) is 34.4. The van der Waals surface area contributed by atoms with Crippen LogP contribution in [0.1, 0.15) is 50.1 Å². The van der Waals surface area contributed by atoms with E-state index in [1.807, 2.05) is 75.5 Å². The highest BCUT2D eigenvalue weighted by Crippen LogP contribution is 2.31. The number of fused-ring (bicyclic) bond motifs is 1. The molecule has 1 unspecified atom stereocenters. The number of carbonyl (C=O) groups is 2. The van der Waals surface area contributed by atoms with Crippen molar-refractivity contribution in [3.8, 4) is 0 Å². The Morgan fingerprint density at radius 1 is 0.915 bits per heavy atom. The van der Waals surface area contributed by atoms with Gasteiger partial charge in [0, 0.05) is 70.1 Å². The van der Waals surface area contributed by atoms with Crippen molar-refractivity contribution in [2.75, 3.05) is 58.9 Å². The maximum absolute atomic E-state index is 12.7. The van der Waals surface area contributed by atoms with Crippen molar-refractivity contribution in [2.24, 2.45) is 0 Å². The summed E-state index contributed by atoms with van der Waals surface area (Å²) in [6.45, 7) is 16.2. The molecule has 3 heterocycles. The minimum atomic E-state index is -0.528. The van der Waals surface area contributed by atoms with Crippen molar-refractivity contribution in [3.05, 3.63) is 106 Å². The van der Waals surface area contributed by atoms with Gasteiger partial charge in [-0.2, -0.15) is 0 Å². The van der Waals surface area contributed by atoms with Crippen LogP contribution >= 0.6 is 11.6 Å². The van der Waals surface area contributed by atoms with Crippen LogP contribution in [-0.4, -0.2) is 101 Å². The zero-order valence-electron chi connectivity index (χ0n) is 27.7. The zero-order chi connectivity index (χ0) is 33.4. The molecule has 47 heavy (non-hydrogen) atoms. The van der Waals surface area contributed by atoms with E-state index < -0.39 is 5.60 Å². The number of allylic oxidation sites excluding steroid dienone is 3. The predicted molar refractivity (Wildman–Crippen MR) is 186 cm³/mol. The van der Waals surface area contributed by atoms with Crippen molar-refractivity contribution in [1.82, 2.24) is 24.6 Å². The highest BCUT2D eigenvalue weighted by Gasteiger charge is 2.31. The van der Waals surface area contributed by atoms with E-state index in [-0.39, 0.29) is 24.8 Å². The van der Waals surface area contributed by atoms with E-state index in [9.17, 15) is 9.59 Å². The van der Waals surface area contributed by atoms with Crippen LogP contribution in [0.5, 0.6) is 0 Å². The molecule has 0 saturated carbocycles. The second-order valence-corrected chi connectivity index (χ2v) is 13.6. The van der Waals surface area contributed by atoms with Crippen molar-refractivity contribution < 1.29 is 19.1 Å². The Morgan fingerprint density at radius 2 is 1.60 bits per heavy atom. The van der Waals surface area contributed by atoms with Gasteiger partial charge in [-0.25, -0.2) is 9.59 Å². The lowest BCUT2D eigenvalue weighted by Crippen LogP contribution is -2.51. The number of amides is 2. The summed E-state index contributed by atoms with van der Waals surface area (Å²) in [7, 11) is 0. The number of pyridine rings is 1. The van der Waals surface area contributed by atoms with E-state index in [0.29, 0.717) is 63.9 Å². The Kier molecular flexibility index (Phi) is 11.6. The maximum atomic E-state index is 12.7. The maximum Gasteiger partial charge on any atom is 0.410 e. The number of hydrogen-bond donors (Lipinski definition) is 0. The topological polar surface area (TPSA) is 78.5 Å². The molecule has 0 N–H and O–H groups in total. The number of hydrogen-bond acceptors (Lipinski definition) is 7. The molecule has 2 saturated heterocycles. The zero-order valence-corrected chi connectivity index (χ0v) is 28.5. The summed E-state index contributed by atoms with van der Waals surface area (Å²) in [5, 5.41) is 0.610. The molecular formula is C37H46ClN5O4. The van der Waals surface area contributed by atoms with Crippen LogP contribution in [0.3, 0.4) is 0 Å². The quantitative estimate of drug-likeness (QED) is 0.356. The summed E-state index contributed by atoms with van der Waals surface area (Å²) in [6.07, 6.45) is 10.1. The summed E-state index contributed by atoms with van der Waals surface area (Å²) in [6, 6.07) is 13.8. The molecule has 2 amide bonds. The van der Waals surface area contributed by atoms with Gasteiger partial charge in [0.25, 0.3) is 0 Å². The van der Waals surface area contributed by atoms with Crippen LogP contribution < -0.4 is 0 Å². The minimum Gasteiger partial charge on any atom is -0.445 e. The van der Waals surface area contributed by atoms with Gasteiger partial charge in [-0.15, -0.1) is 0 Å². The smallest absolute Gasteiger partial charge is 0.410 e. The highest BCUT2D eigenvalue weighted by atomic mass is 35.5. The normalized spacial score (nSPS) is 23.0. The van der Waals surface area contributed by atoms with E-state index in [2.05, 4.69) is 34.6 Å². The van der Waals surface area contributed by atoms with E-state index >= 15 is 0 Å². The molecule has 2 aliphatic heterocycles. The molecule has 0 spiro atoms. The monoisotopic (exact) mass is 659 g/mol. The van der Waals surface area contributed by atoms with Crippen LogP contribution in [-0.2, 0) is 16.1 Å². The van der Waals surface area contributed by atoms with Gasteiger partial charge in [0.2, 0.25) is 0 Å². The molecule has 1 aliphatic carbocycles. The Balaban J connectivity index is 1.28. The molecule has 10 heteroatoms. The predicted octanol–water partition coefficient (Wildman–Crippen LogP) is 6.65. The van der Waals surface area contributed by atoms with Crippen molar-refractivity contribution in [3.63, 3.8) is 0 Å². The molecule has 2 fully saturated rings. The van der Waals surface area contributed by atoms with Crippen LogP contribution in [0.4, 0.5) is 9.59 Å². The Labute approximate surface area is 283 Å². The first-order valence-corrected chi connectivity index (χ1v) is 16.7. The van der Waals surface area contributed by atoms with Gasteiger partial charge in [0.1, 0.15) is 12.2 Å². The van der Waals surface area contributed by atoms with E-state index in [1.54, 1.807) is 9.80 Å². The van der Waals surface area contributed by atoms with Gasteiger partial charge in [-0.3, -0.25) is 14.8 Å². The number of carbonyl (C=O) groups excluding carboxylic acids is 2. The Bertz CT molecular complexity index is 1500. The van der Waals surface area contributed by atoms with Gasteiger partial charge in [0.05, 0.1) is 11.7 Å². The minimum absolute atomic E-state index is 0.00186. The molecular weight excluding hydrogens is 614 g/mol. The number of halogens is 1. The van der Waals surface area contributed by atoms with E-state index in [0.717, 1.165) is 34.4 Å². The first-order chi connectivity index (χ1) is 22.6. The van der Waals surface area contributed by atoms with Crippen LogP contribution in [0.2, 0.25) is 0 Å². The summed E-state index contributed by atoms with van der Waals surface area (Å²) < 4.78 is 11.2. The second-order valence-electron chi connectivity index (χ2n) is 13.2. The van der Waals surface area contributed by atoms with Gasteiger partial charge in [-0.1, -0.05) is 60.7 Å². The van der Waals surface area contributed by atoms with Gasteiger partial charge in [-0.05, 0) is 73.8 Å². The SMILES string of the molecule is C=C1/C=C(Cl)\C=C/CC(N2CCN(C(=O)OC(C)(C)C)CC2)c2ncccc2/C=C\1CN1CCN(C(=O)OCc2ccccc2)CC1. The molecule has 0 radical (unpaired) electrons. The third kappa shape index (κ3) is 9.79. The average Bonchev–Trinajstić information content (AvgIpc) is 3.07. The van der Waals surface area contributed by atoms with E-state index in [1.165, 1.54) is 0 Å². The van der Waals surface area contributed by atoms with Crippen molar-refractivity contribution in [2.45, 2.75) is 45.4 Å². The molecule has 250 valence electrons. The third-order valence-corrected chi connectivity index (χ3v) is 8.75. The molecule has 2 aromatic rings. The van der Waals surface area contributed by atoms with Crippen molar-refractivity contribution in [1.29, 1.82) is 0 Å². The number of ether oxygens (including phenoxy) is 2. The van der Waals surface area contributed by atoms with Gasteiger partial charge in [0.15, 0.2) is 0 Å². The number of rotatable bonds is 5. The van der Waals surface area contributed by atoms with E-state index in [4.69, 9.17) is 26.1 Å². The molecule has 0 bridgehead atoms. The summed E-state index contributed by atoms with van der Waals surface area (Å²) in [4.78, 5) is 38.6. The summed E-state index contributed by atoms with van der Waals surface area (Å²) in [5.74, 6) is 0. The molecule has 1 aromatic heterocycles. The molecule has 1 atom stereocenters. The lowest BCUT2D eigenvalue weighted by molar-refractivity contribution is 0.0101. The summed E-state index contributed by atoms with van der Waals surface area (Å²) in [5.41, 5.74) is 4.34. The molecule has 1 aromatic carbocycles.